The molecule has 3 aromatic carbocycles. The zero-order chi connectivity index (χ0) is 28.4. The number of rotatable bonds is 5. The summed E-state index contributed by atoms with van der Waals surface area (Å²) in [5.74, 6) is -2.35. The van der Waals surface area contributed by atoms with E-state index in [0.29, 0.717) is 49.2 Å². The van der Waals surface area contributed by atoms with Gasteiger partial charge in [0.15, 0.2) is 11.6 Å². The molecule has 0 atom stereocenters. The lowest BCUT2D eigenvalue weighted by Crippen LogP contribution is -2.36. The highest BCUT2D eigenvalue weighted by Crippen LogP contribution is 2.36. The van der Waals surface area contributed by atoms with Gasteiger partial charge >= 0.3 is 12.2 Å². The van der Waals surface area contributed by atoms with Crippen LogP contribution in [0.5, 0.6) is 11.5 Å². The van der Waals surface area contributed by atoms with Crippen molar-refractivity contribution in [2.24, 2.45) is 0 Å². The average Bonchev–Trinajstić information content (AvgIpc) is 2.91. The van der Waals surface area contributed by atoms with E-state index in [1.165, 1.54) is 12.1 Å². The van der Waals surface area contributed by atoms with Crippen LogP contribution in [0.1, 0.15) is 5.56 Å². The van der Waals surface area contributed by atoms with Gasteiger partial charge in [0.05, 0.1) is 41.0 Å². The Morgan fingerprint density at radius 2 is 1.73 bits per heavy atom. The van der Waals surface area contributed by atoms with Crippen molar-refractivity contribution in [2.45, 2.75) is 6.18 Å². The summed E-state index contributed by atoms with van der Waals surface area (Å²) in [6.45, 7) is 2.43. The minimum atomic E-state index is -4.66. The minimum Gasteiger partial charge on any atom is -0.454 e. The smallest absolute Gasteiger partial charge is 0.417 e. The maximum absolute atomic E-state index is 14.6. The van der Waals surface area contributed by atoms with Gasteiger partial charge in [0, 0.05) is 42.7 Å². The average molecular weight is 580 g/mol. The third-order valence-electron chi connectivity index (χ3n) is 5.85. The number of nitrogens with one attached hydrogen (secondary N) is 2. The first-order chi connectivity index (χ1) is 19.1. The summed E-state index contributed by atoms with van der Waals surface area (Å²) < 4.78 is 78.5. The second-order valence-electron chi connectivity index (χ2n) is 8.62. The van der Waals surface area contributed by atoms with Gasteiger partial charge in [0.2, 0.25) is 5.82 Å². The van der Waals surface area contributed by atoms with Crippen LogP contribution in [0, 0.1) is 11.6 Å². The molecule has 1 fully saturated rings. The Morgan fingerprint density at radius 3 is 2.45 bits per heavy atom. The lowest BCUT2D eigenvalue weighted by atomic mass is 10.2. The Labute approximate surface area is 228 Å². The first-order valence-electron chi connectivity index (χ1n) is 11.8. The monoisotopic (exact) mass is 579 g/mol. The number of hydrogen-bond donors (Lipinski definition) is 2. The lowest BCUT2D eigenvalue weighted by molar-refractivity contribution is -0.137. The van der Waals surface area contributed by atoms with E-state index in [-0.39, 0.29) is 17.1 Å². The molecule has 14 heteroatoms. The summed E-state index contributed by atoms with van der Waals surface area (Å²) in [6.07, 6.45) is -3.02. The van der Waals surface area contributed by atoms with Gasteiger partial charge in [-0.05, 0) is 30.3 Å². The Morgan fingerprint density at radius 1 is 0.975 bits per heavy atom. The summed E-state index contributed by atoms with van der Waals surface area (Å²) in [4.78, 5) is 23.4. The number of carbonyl (C=O) groups is 1. The number of ether oxygens (including phenoxy) is 2. The number of anilines is 3. The molecule has 0 bridgehead atoms. The van der Waals surface area contributed by atoms with Gasteiger partial charge in [0.1, 0.15) is 11.6 Å². The molecule has 2 amide bonds. The summed E-state index contributed by atoms with van der Waals surface area (Å²) in [7, 11) is 0. The maximum Gasteiger partial charge on any atom is 0.417 e. The molecule has 1 saturated heterocycles. The molecule has 1 aliphatic heterocycles. The molecular formula is C26H19ClF5N5O3. The third-order valence-corrected chi connectivity index (χ3v) is 6.16. The number of hydrogen-bond acceptors (Lipinski definition) is 6. The third kappa shape index (κ3) is 6.15. The van der Waals surface area contributed by atoms with Gasteiger partial charge in [-0.2, -0.15) is 17.6 Å². The first kappa shape index (κ1) is 27.3. The summed E-state index contributed by atoms with van der Waals surface area (Å²) in [5, 5.41) is 3.94. The first-order valence-corrected chi connectivity index (χ1v) is 12.2. The van der Waals surface area contributed by atoms with Gasteiger partial charge in [0.25, 0.3) is 0 Å². The number of carbonyl (C=O) groups excluding carboxylic acids is 1. The Balaban J connectivity index is 1.32. The molecule has 1 aliphatic rings. The van der Waals surface area contributed by atoms with Crippen molar-refractivity contribution in [3.8, 4) is 11.5 Å². The number of fused-ring (bicyclic) bond motifs is 1. The van der Waals surface area contributed by atoms with Crippen molar-refractivity contribution in [3.63, 3.8) is 0 Å². The van der Waals surface area contributed by atoms with E-state index >= 15 is 0 Å². The molecule has 2 N–H and O–H groups in total. The lowest BCUT2D eigenvalue weighted by Gasteiger charge is -2.27. The highest BCUT2D eigenvalue weighted by Gasteiger charge is 2.33. The number of nitrogens with zero attached hydrogens (tertiary/aromatic N) is 3. The van der Waals surface area contributed by atoms with Crippen LogP contribution in [-0.2, 0) is 10.9 Å². The molecule has 2 heterocycles. The van der Waals surface area contributed by atoms with E-state index in [4.69, 9.17) is 21.1 Å². The maximum atomic E-state index is 14.6. The highest BCUT2D eigenvalue weighted by molar-refractivity contribution is 6.31. The Kier molecular flexibility index (Phi) is 7.59. The molecular weight excluding hydrogens is 561 g/mol. The number of urea groups is 1. The highest BCUT2D eigenvalue weighted by atomic mass is 35.5. The zero-order valence-electron chi connectivity index (χ0n) is 20.4. The second kappa shape index (κ2) is 11.1. The van der Waals surface area contributed by atoms with Crippen LogP contribution >= 0.6 is 11.6 Å². The Bertz CT molecular complexity index is 1580. The minimum absolute atomic E-state index is 0.0525. The molecule has 5 rings (SSSR count). The zero-order valence-corrected chi connectivity index (χ0v) is 21.1. The molecule has 8 nitrogen and oxygen atoms in total. The molecule has 0 aliphatic carbocycles. The fourth-order valence-corrected chi connectivity index (χ4v) is 4.23. The number of morpholine rings is 1. The van der Waals surface area contributed by atoms with Gasteiger partial charge < -0.3 is 25.0 Å². The number of halogens is 6. The van der Waals surface area contributed by atoms with E-state index in [9.17, 15) is 26.7 Å². The topological polar surface area (TPSA) is 88.6 Å². The van der Waals surface area contributed by atoms with Crippen molar-refractivity contribution in [3.05, 3.63) is 76.9 Å². The summed E-state index contributed by atoms with van der Waals surface area (Å²) in [5.41, 5.74) is -0.278. The van der Waals surface area contributed by atoms with Crippen LogP contribution in [0.2, 0.25) is 5.02 Å². The second-order valence-corrected chi connectivity index (χ2v) is 9.03. The van der Waals surface area contributed by atoms with Crippen molar-refractivity contribution in [2.75, 3.05) is 41.8 Å². The molecule has 0 spiro atoms. The fourth-order valence-electron chi connectivity index (χ4n) is 3.94. The molecule has 0 radical (unpaired) electrons. The van der Waals surface area contributed by atoms with Crippen LogP contribution in [0.4, 0.5) is 43.9 Å². The summed E-state index contributed by atoms with van der Waals surface area (Å²) >= 11 is 5.66. The normalized spacial score (nSPS) is 13.8. The van der Waals surface area contributed by atoms with E-state index in [2.05, 4.69) is 20.6 Å². The number of aromatic nitrogens is 2. The number of alkyl halides is 3. The SMILES string of the molecule is O=C(Nc1ccc(C(F)(F)F)c(Cl)c1)Nc1cc(F)c(F)c(Oc2ccc3ncc(N4CCOCC4)nc3c2)c1. The van der Waals surface area contributed by atoms with Gasteiger partial charge in [-0.3, -0.25) is 4.98 Å². The largest absolute Gasteiger partial charge is 0.454 e. The van der Waals surface area contributed by atoms with Crippen molar-refractivity contribution in [1.82, 2.24) is 9.97 Å². The number of amides is 2. The van der Waals surface area contributed by atoms with Crippen molar-refractivity contribution in [1.29, 1.82) is 0 Å². The van der Waals surface area contributed by atoms with Gasteiger partial charge in [-0.25, -0.2) is 14.2 Å². The van der Waals surface area contributed by atoms with Crippen LogP contribution in [0.25, 0.3) is 11.0 Å². The van der Waals surface area contributed by atoms with E-state index in [0.717, 1.165) is 24.3 Å². The molecule has 1 aromatic heterocycles. The van der Waals surface area contributed by atoms with Gasteiger partial charge in [-0.15, -0.1) is 0 Å². The molecule has 40 heavy (non-hydrogen) atoms. The predicted molar refractivity (Wildman–Crippen MR) is 138 cm³/mol. The van der Waals surface area contributed by atoms with Crippen LogP contribution < -0.4 is 20.3 Å². The fraction of sp³-hybridized carbons (Fsp3) is 0.192. The van der Waals surface area contributed by atoms with Crippen molar-refractivity contribution < 1.29 is 36.2 Å². The molecule has 4 aromatic rings. The van der Waals surface area contributed by atoms with E-state index in [1.807, 2.05) is 4.90 Å². The van der Waals surface area contributed by atoms with Crippen LogP contribution in [-0.4, -0.2) is 42.3 Å². The van der Waals surface area contributed by atoms with Crippen LogP contribution in [0.3, 0.4) is 0 Å². The Hall–Kier alpha value is -4.23. The van der Waals surface area contributed by atoms with E-state index in [1.54, 1.807) is 12.3 Å². The predicted octanol–water partition coefficient (Wildman–Crippen LogP) is 6.85. The quantitative estimate of drug-likeness (QED) is 0.251. The van der Waals surface area contributed by atoms with Crippen LogP contribution in [0.15, 0.2) is 54.7 Å². The molecule has 208 valence electrons. The van der Waals surface area contributed by atoms with E-state index < -0.39 is 40.2 Å². The molecule has 0 saturated carbocycles. The summed E-state index contributed by atoms with van der Waals surface area (Å²) in [6, 6.07) is 8.09. The van der Waals surface area contributed by atoms with Gasteiger partial charge in [-0.1, -0.05) is 11.6 Å². The van der Waals surface area contributed by atoms with Crippen molar-refractivity contribution >= 4 is 45.9 Å². The molecule has 0 unspecified atom stereocenters. The standard InChI is InChI=1S/C26H19ClF5N5O3/c27-18-9-14(1-3-17(18)26(30,31)32)34-25(38)35-15-10-19(28)24(29)22(11-15)40-16-2-4-20-21(12-16)36-23(13-33-20)37-5-7-39-8-6-37/h1-4,9-13H,5-8H2,(H2,34,35,38). The number of benzene rings is 3.